The molecule has 3 rings (SSSR count). The minimum Gasteiger partial charge on any atom is -0.459 e. The first-order valence-corrected chi connectivity index (χ1v) is 11.9. The number of aromatic nitrogens is 1. The SMILES string of the molecule is CSCCC(NC(=O)c1ccco1)C(=O)NCc1ccnc(N2CCCCCC2)c1. The first-order chi connectivity index (χ1) is 14.7. The fourth-order valence-corrected chi connectivity index (χ4v) is 3.97. The molecule has 8 heteroatoms. The topological polar surface area (TPSA) is 87.5 Å². The Morgan fingerprint density at radius 1 is 1.23 bits per heavy atom. The summed E-state index contributed by atoms with van der Waals surface area (Å²) in [6, 6.07) is 6.59. The number of nitrogens with zero attached hydrogens (tertiary/aromatic N) is 2. The van der Waals surface area contributed by atoms with E-state index < -0.39 is 6.04 Å². The van der Waals surface area contributed by atoms with Gasteiger partial charge in [-0.2, -0.15) is 11.8 Å². The van der Waals surface area contributed by atoms with E-state index in [1.807, 2.05) is 18.4 Å². The predicted molar refractivity (Wildman–Crippen MR) is 120 cm³/mol. The third-order valence-electron chi connectivity index (χ3n) is 5.18. The van der Waals surface area contributed by atoms with Crippen LogP contribution in [-0.2, 0) is 11.3 Å². The largest absolute Gasteiger partial charge is 0.459 e. The van der Waals surface area contributed by atoms with Gasteiger partial charge < -0.3 is 20.0 Å². The standard InChI is InChI=1S/C22H30N4O3S/c1-30-14-9-18(25-22(28)19-7-6-13-29-19)21(27)24-16-17-8-10-23-20(15-17)26-11-4-2-3-5-12-26/h6-8,10,13,15,18H,2-5,9,11-12,14,16H2,1H3,(H,24,27)(H,25,28). The van der Waals surface area contributed by atoms with Gasteiger partial charge in [-0.25, -0.2) is 4.98 Å². The third-order valence-corrected chi connectivity index (χ3v) is 5.83. The Bertz CT molecular complexity index is 804. The normalized spacial score (nSPS) is 15.3. The van der Waals surface area contributed by atoms with E-state index in [4.69, 9.17) is 4.42 Å². The molecular formula is C22H30N4O3S. The summed E-state index contributed by atoms with van der Waals surface area (Å²) in [6.45, 7) is 2.45. The Morgan fingerprint density at radius 3 is 2.73 bits per heavy atom. The fourth-order valence-electron chi connectivity index (χ4n) is 3.50. The molecule has 1 saturated heterocycles. The molecule has 3 heterocycles. The van der Waals surface area contributed by atoms with Crippen molar-refractivity contribution in [1.29, 1.82) is 0 Å². The van der Waals surface area contributed by atoms with E-state index in [1.165, 1.54) is 31.9 Å². The summed E-state index contributed by atoms with van der Waals surface area (Å²) in [6.07, 6.45) is 10.7. The number of amides is 2. The number of hydrogen-bond donors (Lipinski definition) is 2. The molecule has 0 saturated carbocycles. The van der Waals surface area contributed by atoms with E-state index in [9.17, 15) is 9.59 Å². The molecule has 2 aromatic heterocycles. The van der Waals surface area contributed by atoms with E-state index in [1.54, 1.807) is 30.1 Å². The maximum atomic E-state index is 12.8. The van der Waals surface area contributed by atoms with Crippen LogP contribution in [-0.4, -0.2) is 47.9 Å². The Labute approximate surface area is 182 Å². The summed E-state index contributed by atoms with van der Waals surface area (Å²) in [7, 11) is 0. The Kier molecular flexibility index (Phi) is 8.62. The zero-order valence-corrected chi connectivity index (χ0v) is 18.2. The van der Waals surface area contributed by atoms with Crippen LogP contribution < -0.4 is 15.5 Å². The number of carbonyl (C=O) groups is 2. The summed E-state index contributed by atoms with van der Waals surface area (Å²) >= 11 is 1.64. The lowest BCUT2D eigenvalue weighted by molar-refractivity contribution is -0.123. The second-order valence-electron chi connectivity index (χ2n) is 7.43. The maximum absolute atomic E-state index is 12.8. The number of carbonyl (C=O) groups excluding carboxylic acids is 2. The molecule has 1 aliphatic rings. The van der Waals surface area contributed by atoms with Crippen LogP contribution in [0.3, 0.4) is 0 Å². The summed E-state index contributed by atoms with van der Waals surface area (Å²) in [5.41, 5.74) is 0.999. The van der Waals surface area contributed by atoms with E-state index in [0.29, 0.717) is 13.0 Å². The number of anilines is 1. The average molecular weight is 431 g/mol. The van der Waals surface area contributed by atoms with Crippen LogP contribution in [0.1, 0.15) is 48.2 Å². The van der Waals surface area contributed by atoms with Gasteiger partial charge in [-0.05, 0) is 61.1 Å². The van der Waals surface area contributed by atoms with E-state index in [2.05, 4.69) is 20.5 Å². The number of furan rings is 1. The van der Waals surface area contributed by atoms with Gasteiger partial charge in [-0.15, -0.1) is 0 Å². The van der Waals surface area contributed by atoms with Gasteiger partial charge >= 0.3 is 0 Å². The quantitative estimate of drug-likeness (QED) is 0.635. The lowest BCUT2D eigenvalue weighted by Crippen LogP contribution is -2.46. The molecule has 0 aromatic carbocycles. The van der Waals surface area contributed by atoms with Crippen molar-refractivity contribution in [3.05, 3.63) is 48.0 Å². The van der Waals surface area contributed by atoms with Crippen LogP contribution in [0.4, 0.5) is 5.82 Å². The fraction of sp³-hybridized carbons (Fsp3) is 0.500. The van der Waals surface area contributed by atoms with Gasteiger partial charge in [0, 0.05) is 25.8 Å². The molecule has 0 spiro atoms. The van der Waals surface area contributed by atoms with Crippen molar-refractivity contribution < 1.29 is 14.0 Å². The smallest absolute Gasteiger partial charge is 0.287 e. The Hall–Kier alpha value is -2.48. The van der Waals surface area contributed by atoms with Crippen molar-refractivity contribution in [2.24, 2.45) is 0 Å². The lowest BCUT2D eigenvalue weighted by atomic mass is 10.2. The number of hydrogen-bond acceptors (Lipinski definition) is 6. The second-order valence-corrected chi connectivity index (χ2v) is 8.41. The van der Waals surface area contributed by atoms with Crippen molar-refractivity contribution in [3.8, 4) is 0 Å². The monoisotopic (exact) mass is 430 g/mol. The van der Waals surface area contributed by atoms with Crippen molar-refractivity contribution in [2.75, 3.05) is 30.0 Å². The number of rotatable bonds is 9. The van der Waals surface area contributed by atoms with Crippen LogP contribution in [0.2, 0.25) is 0 Å². The van der Waals surface area contributed by atoms with Crippen LogP contribution in [0.25, 0.3) is 0 Å². The van der Waals surface area contributed by atoms with E-state index in [0.717, 1.165) is 30.2 Å². The maximum Gasteiger partial charge on any atom is 0.287 e. The van der Waals surface area contributed by atoms with Gasteiger partial charge in [0.15, 0.2) is 5.76 Å². The first-order valence-electron chi connectivity index (χ1n) is 10.5. The summed E-state index contributed by atoms with van der Waals surface area (Å²) in [4.78, 5) is 31.9. The van der Waals surface area contributed by atoms with Crippen LogP contribution in [0.15, 0.2) is 41.1 Å². The molecule has 0 radical (unpaired) electrons. The van der Waals surface area contributed by atoms with Crippen molar-refractivity contribution >= 4 is 29.4 Å². The highest BCUT2D eigenvalue weighted by molar-refractivity contribution is 7.98. The molecule has 0 aliphatic carbocycles. The minimum absolute atomic E-state index is 0.197. The predicted octanol–water partition coefficient (Wildman–Crippen LogP) is 3.22. The zero-order valence-electron chi connectivity index (χ0n) is 17.4. The third kappa shape index (κ3) is 6.52. The van der Waals surface area contributed by atoms with Gasteiger partial charge in [0.25, 0.3) is 5.91 Å². The van der Waals surface area contributed by atoms with Crippen LogP contribution in [0, 0.1) is 0 Å². The molecule has 162 valence electrons. The highest BCUT2D eigenvalue weighted by Crippen LogP contribution is 2.18. The first kappa shape index (κ1) is 22.2. The molecule has 7 nitrogen and oxygen atoms in total. The summed E-state index contributed by atoms with van der Waals surface area (Å²) in [5, 5.41) is 5.74. The van der Waals surface area contributed by atoms with Crippen molar-refractivity contribution in [1.82, 2.24) is 15.6 Å². The Balaban J connectivity index is 1.58. The molecule has 1 fully saturated rings. The number of thioether (sulfide) groups is 1. The molecule has 2 amide bonds. The second kappa shape index (κ2) is 11.6. The van der Waals surface area contributed by atoms with E-state index in [-0.39, 0.29) is 17.6 Å². The van der Waals surface area contributed by atoms with Gasteiger partial charge in [0.05, 0.1) is 6.26 Å². The molecular weight excluding hydrogens is 400 g/mol. The zero-order chi connectivity index (χ0) is 21.2. The van der Waals surface area contributed by atoms with Gasteiger partial charge in [0.2, 0.25) is 5.91 Å². The molecule has 2 N–H and O–H groups in total. The average Bonchev–Trinajstić information content (AvgIpc) is 3.17. The van der Waals surface area contributed by atoms with Crippen molar-refractivity contribution in [2.45, 2.75) is 44.7 Å². The molecule has 1 aliphatic heterocycles. The molecule has 0 bridgehead atoms. The van der Waals surface area contributed by atoms with Gasteiger partial charge in [-0.1, -0.05) is 12.8 Å². The highest BCUT2D eigenvalue weighted by atomic mass is 32.2. The van der Waals surface area contributed by atoms with Crippen LogP contribution in [0.5, 0.6) is 0 Å². The van der Waals surface area contributed by atoms with Gasteiger partial charge in [-0.3, -0.25) is 9.59 Å². The summed E-state index contributed by atoms with van der Waals surface area (Å²) < 4.78 is 5.13. The number of nitrogens with one attached hydrogen (secondary N) is 2. The van der Waals surface area contributed by atoms with Gasteiger partial charge in [0.1, 0.15) is 11.9 Å². The lowest BCUT2D eigenvalue weighted by Gasteiger charge is -2.22. The van der Waals surface area contributed by atoms with E-state index >= 15 is 0 Å². The molecule has 30 heavy (non-hydrogen) atoms. The number of pyridine rings is 1. The minimum atomic E-state index is -0.609. The Morgan fingerprint density at radius 2 is 2.03 bits per heavy atom. The molecule has 1 atom stereocenters. The van der Waals surface area contributed by atoms with Crippen LogP contribution >= 0.6 is 11.8 Å². The molecule has 2 aromatic rings. The molecule has 1 unspecified atom stereocenters. The summed E-state index contributed by atoms with van der Waals surface area (Å²) in [5.74, 6) is 1.36. The van der Waals surface area contributed by atoms with Crippen molar-refractivity contribution in [3.63, 3.8) is 0 Å². The highest BCUT2D eigenvalue weighted by Gasteiger charge is 2.22.